The number of nitrogens with one attached hydrogen (secondary N) is 3. The Morgan fingerprint density at radius 1 is 1.24 bits per heavy atom. The van der Waals surface area contributed by atoms with Crippen LogP contribution in [0.2, 0.25) is 0 Å². The van der Waals surface area contributed by atoms with Crippen molar-refractivity contribution in [3.63, 3.8) is 0 Å². The number of hydrazine groups is 1. The molecule has 0 aliphatic rings. The number of methoxy groups -OCH3 is 1. The summed E-state index contributed by atoms with van der Waals surface area (Å²) in [5.74, 6) is -0.543. The Labute approximate surface area is 126 Å². The molecule has 0 aliphatic carbocycles. The van der Waals surface area contributed by atoms with Crippen molar-refractivity contribution in [2.45, 2.75) is 0 Å². The van der Waals surface area contributed by atoms with Gasteiger partial charge in [0.1, 0.15) is 6.61 Å². The fraction of sp³-hybridized carbons (Fsp3) is 0.250. The summed E-state index contributed by atoms with van der Waals surface area (Å²) in [6, 6.07) is 6.55. The number of ether oxygens (including phenoxy) is 2. The van der Waals surface area contributed by atoms with Crippen molar-refractivity contribution in [2.24, 2.45) is 5.73 Å². The van der Waals surface area contributed by atoms with Gasteiger partial charge in [-0.15, -0.1) is 0 Å². The first-order valence-corrected chi connectivity index (χ1v) is 6.33. The Balaban J connectivity index is 2.56. The van der Waals surface area contributed by atoms with Crippen LogP contribution in [0.3, 0.4) is 0 Å². The standard InChI is InChI=1S/C12H16N4O4S/c1-19-6-7-20-12(18)16-15-10(17)8-4-2-3-5-9(8)14-11(13)21/h2-5H,6-7H2,1H3,(H,15,17)(H,16,18)(H3,13,14,21). The highest BCUT2D eigenvalue weighted by atomic mass is 32.1. The molecule has 0 bridgehead atoms. The molecular formula is C12H16N4O4S. The quantitative estimate of drug-likeness (QED) is 0.352. The zero-order valence-corrected chi connectivity index (χ0v) is 12.2. The van der Waals surface area contributed by atoms with Gasteiger partial charge in [0.05, 0.1) is 17.9 Å². The summed E-state index contributed by atoms with van der Waals surface area (Å²) in [5, 5.41) is 2.70. The zero-order chi connectivity index (χ0) is 15.7. The second-order valence-corrected chi connectivity index (χ2v) is 4.18. The molecule has 2 amide bonds. The first-order valence-electron chi connectivity index (χ1n) is 5.92. The number of benzene rings is 1. The fourth-order valence-electron chi connectivity index (χ4n) is 1.35. The van der Waals surface area contributed by atoms with E-state index in [4.69, 9.17) is 27.4 Å². The second-order valence-electron chi connectivity index (χ2n) is 3.74. The molecule has 1 aromatic carbocycles. The van der Waals surface area contributed by atoms with Crippen molar-refractivity contribution in [1.29, 1.82) is 0 Å². The molecular weight excluding hydrogens is 296 g/mol. The predicted molar refractivity (Wildman–Crippen MR) is 80.7 cm³/mol. The fourth-order valence-corrected chi connectivity index (χ4v) is 1.46. The minimum Gasteiger partial charge on any atom is -0.446 e. The van der Waals surface area contributed by atoms with Gasteiger partial charge in [0.25, 0.3) is 5.91 Å². The molecule has 0 saturated heterocycles. The van der Waals surface area contributed by atoms with Crippen molar-refractivity contribution in [3.05, 3.63) is 29.8 Å². The lowest BCUT2D eigenvalue weighted by atomic mass is 10.1. The van der Waals surface area contributed by atoms with Crippen molar-refractivity contribution >= 4 is 35.0 Å². The van der Waals surface area contributed by atoms with E-state index in [1.807, 2.05) is 0 Å². The normalized spacial score (nSPS) is 9.57. The first kappa shape index (κ1) is 16.7. The summed E-state index contributed by atoms with van der Waals surface area (Å²) in [6.45, 7) is 0.347. The lowest BCUT2D eigenvalue weighted by Crippen LogP contribution is -2.42. The van der Waals surface area contributed by atoms with Gasteiger partial charge < -0.3 is 20.5 Å². The van der Waals surface area contributed by atoms with Crippen LogP contribution < -0.4 is 21.9 Å². The van der Waals surface area contributed by atoms with Crippen LogP contribution in [-0.2, 0) is 9.47 Å². The van der Waals surface area contributed by atoms with Crippen LogP contribution >= 0.6 is 12.2 Å². The number of carbonyl (C=O) groups excluding carboxylic acids is 2. The molecule has 0 heterocycles. The Morgan fingerprint density at radius 2 is 1.95 bits per heavy atom. The molecule has 0 aromatic heterocycles. The second kappa shape index (κ2) is 8.72. The van der Waals surface area contributed by atoms with Crippen LogP contribution in [0.15, 0.2) is 24.3 Å². The lowest BCUT2D eigenvalue weighted by molar-refractivity contribution is 0.0850. The zero-order valence-electron chi connectivity index (χ0n) is 11.3. The average Bonchev–Trinajstić information content (AvgIpc) is 2.45. The topological polar surface area (TPSA) is 115 Å². The molecule has 0 saturated carbocycles. The van der Waals surface area contributed by atoms with Gasteiger partial charge >= 0.3 is 6.09 Å². The summed E-state index contributed by atoms with van der Waals surface area (Å²) < 4.78 is 9.43. The number of rotatable bonds is 5. The van der Waals surface area contributed by atoms with E-state index in [9.17, 15) is 9.59 Å². The average molecular weight is 312 g/mol. The van der Waals surface area contributed by atoms with E-state index in [-0.39, 0.29) is 23.9 Å². The molecule has 8 nitrogen and oxygen atoms in total. The maximum Gasteiger partial charge on any atom is 0.426 e. The van der Waals surface area contributed by atoms with Gasteiger partial charge in [-0.2, -0.15) is 0 Å². The number of thiocarbonyl (C=S) groups is 1. The third kappa shape index (κ3) is 6.06. The summed E-state index contributed by atoms with van der Waals surface area (Å²) >= 11 is 4.72. The Morgan fingerprint density at radius 3 is 2.62 bits per heavy atom. The summed E-state index contributed by atoms with van der Waals surface area (Å²) in [4.78, 5) is 23.2. The van der Waals surface area contributed by atoms with Crippen LogP contribution in [0.4, 0.5) is 10.5 Å². The van der Waals surface area contributed by atoms with E-state index in [0.717, 1.165) is 0 Å². The molecule has 5 N–H and O–H groups in total. The van der Waals surface area contributed by atoms with E-state index < -0.39 is 12.0 Å². The van der Waals surface area contributed by atoms with Crippen LogP contribution in [-0.4, -0.2) is 37.4 Å². The number of anilines is 1. The van der Waals surface area contributed by atoms with E-state index >= 15 is 0 Å². The summed E-state index contributed by atoms with van der Waals surface area (Å²) in [5.41, 5.74) is 10.4. The number of para-hydroxylation sites is 1. The maximum atomic E-state index is 12.0. The van der Waals surface area contributed by atoms with Crippen molar-refractivity contribution in [2.75, 3.05) is 25.6 Å². The third-order valence-corrected chi connectivity index (χ3v) is 2.33. The van der Waals surface area contributed by atoms with Gasteiger partial charge in [-0.25, -0.2) is 10.2 Å². The highest BCUT2D eigenvalue weighted by molar-refractivity contribution is 7.80. The van der Waals surface area contributed by atoms with E-state index in [1.54, 1.807) is 24.3 Å². The first-order chi connectivity index (χ1) is 10.0. The monoisotopic (exact) mass is 312 g/mol. The largest absolute Gasteiger partial charge is 0.446 e. The molecule has 21 heavy (non-hydrogen) atoms. The Kier molecular flexibility index (Phi) is 6.92. The van der Waals surface area contributed by atoms with Gasteiger partial charge in [-0.05, 0) is 24.4 Å². The number of nitrogens with two attached hydrogens (primary N) is 1. The molecule has 9 heteroatoms. The molecule has 0 spiro atoms. The number of hydrogen-bond acceptors (Lipinski definition) is 5. The van der Waals surface area contributed by atoms with Gasteiger partial charge in [0.2, 0.25) is 0 Å². The minimum absolute atomic E-state index is 0.0298. The van der Waals surface area contributed by atoms with Crippen LogP contribution in [0.25, 0.3) is 0 Å². The van der Waals surface area contributed by atoms with Gasteiger partial charge in [-0.3, -0.25) is 10.2 Å². The van der Waals surface area contributed by atoms with E-state index in [2.05, 4.69) is 16.2 Å². The molecule has 1 rings (SSSR count). The van der Waals surface area contributed by atoms with Crippen molar-refractivity contribution < 1.29 is 19.1 Å². The third-order valence-electron chi connectivity index (χ3n) is 2.23. The van der Waals surface area contributed by atoms with Gasteiger partial charge in [0, 0.05) is 7.11 Å². The predicted octanol–water partition coefficient (Wildman–Crippen LogP) is 0.359. The highest BCUT2D eigenvalue weighted by Crippen LogP contribution is 2.14. The van der Waals surface area contributed by atoms with Crippen LogP contribution in [0, 0.1) is 0 Å². The Hall–Kier alpha value is -2.39. The van der Waals surface area contributed by atoms with Crippen LogP contribution in [0.5, 0.6) is 0 Å². The maximum absolute atomic E-state index is 12.0. The SMILES string of the molecule is COCCOC(=O)NNC(=O)c1ccccc1NC(N)=S. The number of amides is 2. The van der Waals surface area contributed by atoms with Crippen molar-refractivity contribution in [1.82, 2.24) is 10.9 Å². The van der Waals surface area contributed by atoms with E-state index in [0.29, 0.717) is 5.69 Å². The van der Waals surface area contributed by atoms with Crippen molar-refractivity contribution in [3.8, 4) is 0 Å². The molecule has 0 unspecified atom stereocenters. The minimum atomic E-state index is -0.791. The van der Waals surface area contributed by atoms with Crippen LogP contribution in [0.1, 0.15) is 10.4 Å². The number of hydrogen-bond donors (Lipinski definition) is 4. The highest BCUT2D eigenvalue weighted by Gasteiger charge is 2.12. The molecule has 0 aliphatic heterocycles. The summed E-state index contributed by atoms with van der Waals surface area (Å²) in [7, 11) is 1.48. The van der Waals surface area contributed by atoms with Gasteiger partial charge in [0.15, 0.2) is 5.11 Å². The molecule has 0 fully saturated rings. The lowest BCUT2D eigenvalue weighted by Gasteiger charge is -2.11. The smallest absolute Gasteiger partial charge is 0.426 e. The number of carbonyl (C=O) groups is 2. The molecule has 0 radical (unpaired) electrons. The van der Waals surface area contributed by atoms with E-state index in [1.165, 1.54) is 7.11 Å². The molecule has 0 atom stereocenters. The molecule has 1 aromatic rings. The molecule has 114 valence electrons. The van der Waals surface area contributed by atoms with Gasteiger partial charge in [-0.1, -0.05) is 12.1 Å². The Bertz CT molecular complexity index is 524. The summed E-state index contributed by atoms with van der Waals surface area (Å²) in [6.07, 6.45) is -0.791.